The summed E-state index contributed by atoms with van der Waals surface area (Å²) in [5.41, 5.74) is -0.0175. The molecule has 30 heavy (non-hydrogen) atoms. The van der Waals surface area contributed by atoms with E-state index in [1.807, 2.05) is 0 Å². The molecule has 0 fully saturated rings. The summed E-state index contributed by atoms with van der Waals surface area (Å²) in [5, 5.41) is 16.8. The van der Waals surface area contributed by atoms with E-state index in [1.54, 1.807) is 6.92 Å². The van der Waals surface area contributed by atoms with Crippen LogP contribution in [0.25, 0.3) is 0 Å². The minimum absolute atomic E-state index is 0.163. The summed E-state index contributed by atoms with van der Waals surface area (Å²) >= 11 is 0. The Morgan fingerprint density at radius 2 is 1.77 bits per heavy atom. The number of esters is 1. The number of carbonyl (C=O) groups excluding carboxylic acids is 1. The smallest absolute Gasteiger partial charge is 0.353 e. The predicted molar refractivity (Wildman–Crippen MR) is 104 cm³/mol. The van der Waals surface area contributed by atoms with Crippen LogP contribution in [0.1, 0.15) is 17.3 Å². The molecule has 0 aliphatic heterocycles. The Hall–Kier alpha value is -4.15. The lowest BCUT2D eigenvalue weighted by molar-refractivity contribution is -0.383. The molecule has 9 nitrogen and oxygen atoms in total. The van der Waals surface area contributed by atoms with Gasteiger partial charge in [0.05, 0.1) is 22.8 Å². The fourth-order valence-corrected chi connectivity index (χ4v) is 2.49. The van der Waals surface area contributed by atoms with E-state index >= 15 is 0 Å². The molecule has 0 unspecified atom stereocenters. The van der Waals surface area contributed by atoms with Crippen LogP contribution in [-0.2, 0) is 4.74 Å². The Morgan fingerprint density at radius 1 is 1.10 bits per heavy atom. The summed E-state index contributed by atoms with van der Waals surface area (Å²) in [6, 6.07) is 8.75. The molecule has 0 spiro atoms. The molecule has 2 N–H and O–H groups in total. The van der Waals surface area contributed by atoms with Gasteiger partial charge < -0.3 is 15.4 Å². The normalized spacial score (nSPS) is 10.4. The van der Waals surface area contributed by atoms with Crippen molar-refractivity contribution in [1.29, 1.82) is 0 Å². The standard InChI is InChI=1S/C19H15F2N5O4/c1-2-30-19(27)11-3-6-13(7-4-11)24-17-16(26(28)29)18(23-10-22-17)25-15-8-5-12(20)9-14(15)21/h3-10H,2H2,1H3,(H2,22,23,24,25). The maximum Gasteiger partial charge on any atom is 0.353 e. The van der Waals surface area contributed by atoms with E-state index in [-0.39, 0.29) is 23.9 Å². The molecule has 0 atom stereocenters. The molecule has 0 aliphatic carbocycles. The monoisotopic (exact) mass is 415 g/mol. The number of nitrogens with one attached hydrogen (secondary N) is 2. The Bertz CT molecular complexity index is 1090. The molecule has 11 heteroatoms. The summed E-state index contributed by atoms with van der Waals surface area (Å²) in [6.45, 7) is 1.92. The van der Waals surface area contributed by atoms with Crippen molar-refractivity contribution in [3.05, 3.63) is 76.1 Å². The lowest BCUT2D eigenvalue weighted by atomic mass is 10.2. The Kier molecular flexibility index (Phi) is 6.11. The second-order valence-electron chi connectivity index (χ2n) is 5.85. The topological polar surface area (TPSA) is 119 Å². The van der Waals surface area contributed by atoms with Crippen LogP contribution in [0.5, 0.6) is 0 Å². The van der Waals surface area contributed by atoms with Crippen molar-refractivity contribution in [1.82, 2.24) is 9.97 Å². The van der Waals surface area contributed by atoms with E-state index in [1.165, 1.54) is 24.3 Å². The third-order valence-corrected chi connectivity index (χ3v) is 3.85. The van der Waals surface area contributed by atoms with Crippen molar-refractivity contribution < 1.29 is 23.2 Å². The first-order valence-corrected chi connectivity index (χ1v) is 8.64. The first-order chi connectivity index (χ1) is 14.4. The van der Waals surface area contributed by atoms with Gasteiger partial charge in [-0.3, -0.25) is 10.1 Å². The SMILES string of the molecule is CCOC(=O)c1ccc(Nc2ncnc(Nc3ccc(F)cc3F)c2[N+](=O)[O-])cc1. The van der Waals surface area contributed by atoms with Crippen molar-refractivity contribution >= 4 is 34.7 Å². The van der Waals surface area contributed by atoms with Crippen LogP contribution in [0.2, 0.25) is 0 Å². The van der Waals surface area contributed by atoms with E-state index in [4.69, 9.17) is 4.74 Å². The second kappa shape index (κ2) is 8.90. The molecule has 2 aromatic carbocycles. The minimum Gasteiger partial charge on any atom is -0.462 e. The Labute approximate surface area is 168 Å². The highest BCUT2D eigenvalue weighted by Crippen LogP contribution is 2.33. The summed E-state index contributed by atoms with van der Waals surface area (Å²) < 4.78 is 31.9. The number of nitro groups is 1. The van der Waals surface area contributed by atoms with Crippen molar-refractivity contribution in [2.24, 2.45) is 0 Å². The van der Waals surface area contributed by atoms with Crippen molar-refractivity contribution in [2.45, 2.75) is 6.92 Å². The number of halogens is 2. The van der Waals surface area contributed by atoms with E-state index in [2.05, 4.69) is 20.6 Å². The van der Waals surface area contributed by atoms with E-state index in [9.17, 15) is 23.7 Å². The van der Waals surface area contributed by atoms with E-state index in [0.717, 1.165) is 18.5 Å². The van der Waals surface area contributed by atoms with Crippen LogP contribution in [0.3, 0.4) is 0 Å². The molecule has 154 valence electrons. The third kappa shape index (κ3) is 4.63. The highest BCUT2D eigenvalue weighted by molar-refractivity contribution is 5.90. The van der Waals surface area contributed by atoms with Crippen molar-refractivity contribution in [3.8, 4) is 0 Å². The summed E-state index contributed by atoms with van der Waals surface area (Å²) in [7, 11) is 0. The number of rotatable bonds is 7. The van der Waals surface area contributed by atoms with Crippen LogP contribution in [-0.4, -0.2) is 27.5 Å². The van der Waals surface area contributed by atoms with Crippen LogP contribution >= 0.6 is 0 Å². The number of nitrogens with zero attached hydrogens (tertiary/aromatic N) is 3. The van der Waals surface area contributed by atoms with Gasteiger partial charge in [0.25, 0.3) is 0 Å². The van der Waals surface area contributed by atoms with E-state index < -0.39 is 28.2 Å². The Morgan fingerprint density at radius 3 is 2.37 bits per heavy atom. The van der Waals surface area contributed by atoms with Gasteiger partial charge in [-0.2, -0.15) is 0 Å². The van der Waals surface area contributed by atoms with Gasteiger partial charge in [0.15, 0.2) is 0 Å². The molecule has 0 radical (unpaired) electrons. The van der Waals surface area contributed by atoms with Gasteiger partial charge in [0.2, 0.25) is 11.6 Å². The quantitative estimate of drug-likeness (QED) is 0.332. The molecule has 3 aromatic rings. The Balaban J connectivity index is 1.89. The number of aromatic nitrogens is 2. The highest BCUT2D eigenvalue weighted by atomic mass is 19.1. The van der Waals surface area contributed by atoms with Crippen molar-refractivity contribution in [3.63, 3.8) is 0 Å². The van der Waals surface area contributed by atoms with Crippen LogP contribution in [0, 0.1) is 21.7 Å². The highest BCUT2D eigenvalue weighted by Gasteiger charge is 2.24. The minimum atomic E-state index is -0.938. The number of benzene rings is 2. The first-order valence-electron chi connectivity index (χ1n) is 8.64. The molecule has 0 saturated heterocycles. The molecule has 0 aliphatic rings. The zero-order valence-electron chi connectivity index (χ0n) is 15.6. The van der Waals surface area contributed by atoms with Gasteiger partial charge in [-0.1, -0.05) is 0 Å². The van der Waals surface area contributed by atoms with Gasteiger partial charge in [-0.25, -0.2) is 23.5 Å². The number of ether oxygens (including phenoxy) is 1. The molecule has 1 aromatic heterocycles. The number of carbonyl (C=O) groups is 1. The summed E-state index contributed by atoms with van der Waals surface area (Å²) in [5.74, 6) is -2.67. The third-order valence-electron chi connectivity index (χ3n) is 3.85. The molecule has 3 rings (SSSR count). The molecule has 0 bridgehead atoms. The van der Waals surface area contributed by atoms with Gasteiger partial charge in [-0.15, -0.1) is 0 Å². The maximum atomic E-state index is 13.9. The molecular formula is C19H15F2N5O4. The molecular weight excluding hydrogens is 400 g/mol. The summed E-state index contributed by atoms with van der Waals surface area (Å²) in [6.07, 6.45) is 1.05. The van der Waals surface area contributed by atoms with Crippen LogP contribution in [0.4, 0.5) is 37.5 Å². The molecule has 0 amide bonds. The van der Waals surface area contributed by atoms with Crippen molar-refractivity contribution in [2.75, 3.05) is 17.2 Å². The van der Waals surface area contributed by atoms with E-state index in [0.29, 0.717) is 17.3 Å². The number of hydrogen-bond acceptors (Lipinski definition) is 8. The van der Waals surface area contributed by atoms with Gasteiger partial charge in [0, 0.05) is 11.8 Å². The fraction of sp³-hybridized carbons (Fsp3) is 0.105. The van der Waals surface area contributed by atoms with Gasteiger partial charge in [0.1, 0.15) is 18.0 Å². The fourth-order valence-electron chi connectivity index (χ4n) is 2.49. The zero-order chi connectivity index (χ0) is 21.7. The molecule has 0 saturated carbocycles. The largest absolute Gasteiger partial charge is 0.462 e. The maximum absolute atomic E-state index is 13.9. The molecule has 1 heterocycles. The first kappa shape index (κ1) is 20.6. The van der Waals surface area contributed by atoms with Crippen LogP contribution < -0.4 is 10.6 Å². The average Bonchev–Trinajstić information content (AvgIpc) is 2.71. The summed E-state index contributed by atoms with van der Waals surface area (Å²) in [4.78, 5) is 30.2. The predicted octanol–water partition coefficient (Wildman–Crippen LogP) is 4.33. The number of hydrogen-bond donors (Lipinski definition) is 2. The second-order valence-corrected chi connectivity index (χ2v) is 5.85. The van der Waals surface area contributed by atoms with Gasteiger partial charge in [-0.05, 0) is 43.3 Å². The average molecular weight is 415 g/mol. The van der Waals surface area contributed by atoms with Crippen LogP contribution in [0.15, 0.2) is 48.8 Å². The number of anilines is 4. The zero-order valence-corrected chi connectivity index (χ0v) is 15.6. The lowest BCUT2D eigenvalue weighted by Gasteiger charge is -2.11. The lowest BCUT2D eigenvalue weighted by Crippen LogP contribution is -2.07. The van der Waals surface area contributed by atoms with Gasteiger partial charge >= 0.3 is 11.7 Å².